The molecule has 4 aromatic heterocycles. The third kappa shape index (κ3) is 3.93. The fourth-order valence-corrected chi connectivity index (χ4v) is 7.42. The zero-order valence-electron chi connectivity index (χ0n) is 25.6. The van der Waals surface area contributed by atoms with Crippen molar-refractivity contribution in [3.8, 4) is 28.4 Å². The summed E-state index contributed by atoms with van der Waals surface area (Å²) in [7, 11) is 0. The average molecular weight is 786 g/mol. The SMILES string of the molecule is CC1(C)c2ccc(Oc3[c-]c4c(cc3)c3ccccc3n3cc(-c5ccccc5)nc43)[c-]c2-n2c3ncccc3c3cccc1c32.[Pt+2]. The van der Waals surface area contributed by atoms with Crippen LogP contribution in [0.15, 0.2) is 122 Å². The van der Waals surface area contributed by atoms with E-state index in [-0.39, 0.29) is 26.5 Å². The van der Waals surface area contributed by atoms with Gasteiger partial charge in [-0.2, -0.15) is 6.07 Å². The predicted molar refractivity (Wildman–Crippen MR) is 184 cm³/mol. The molecule has 10 rings (SSSR count). The van der Waals surface area contributed by atoms with Crippen LogP contribution in [0.4, 0.5) is 0 Å². The van der Waals surface area contributed by atoms with E-state index < -0.39 is 0 Å². The number of rotatable bonds is 3. The number of hydrogen-bond acceptors (Lipinski definition) is 3. The molecule has 0 aliphatic carbocycles. The van der Waals surface area contributed by atoms with Crippen LogP contribution in [-0.2, 0) is 26.5 Å². The maximum atomic E-state index is 6.56. The molecule has 1 aliphatic heterocycles. The molecule has 6 heteroatoms. The van der Waals surface area contributed by atoms with Gasteiger partial charge in [-0.25, -0.2) is 4.98 Å². The van der Waals surface area contributed by atoms with Crippen molar-refractivity contribution in [2.75, 3.05) is 0 Å². The van der Waals surface area contributed by atoms with E-state index in [1.807, 2.05) is 42.6 Å². The number of aromatic nitrogens is 4. The fraction of sp³-hybridized carbons (Fsp3) is 0.0732. The molecule has 0 atom stereocenters. The Hall–Kier alpha value is -5.25. The maximum absolute atomic E-state index is 6.56. The topological polar surface area (TPSA) is 44.4 Å². The first-order valence-electron chi connectivity index (χ1n) is 15.5. The van der Waals surface area contributed by atoms with E-state index >= 15 is 0 Å². The van der Waals surface area contributed by atoms with Crippen LogP contribution < -0.4 is 4.74 Å². The molecule has 0 saturated carbocycles. The first-order chi connectivity index (χ1) is 22.6. The minimum atomic E-state index is -0.215. The maximum Gasteiger partial charge on any atom is 2.00 e. The average Bonchev–Trinajstić information content (AvgIpc) is 3.69. The van der Waals surface area contributed by atoms with E-state index in [1.165, 1.54) is 22.0 Å². The quantitative estimate of drug-likeness (QED) is 0.132. The molecule has 0 amide bonds. The third-order valence-corrected chi connectivity index (χ3v) is 9.61. The Morgan fingerprint density at radius 3 is 2.32 bits per heavy atom. The second-order valence-electron chi connectivity index (χ2n) is 12.5. The first kappa shape index (κ1) is 28.0. The Morgan fingerprint density at radius 2 is 1.43 bits per heavy atom. The summed E-state index contributed by atoms with van der Waals surface area (Å²) in [6, 6.07) is 45.0. The van der Waals surface area contributed by atoms with Crippen molar-refractivity contribution in [2.24, 2.45) is 0 Å². The standard InChI is InChI=1S/C41H26N4O.Pt/c1-41(2)33-20-18-27(23-37(33)45-38-30(13-8-15-34(38)41)31-14-9-21-42-39(31)45)46-26-17-19-28-29-12-6-7-16-36(29)44-24-35(25-10-4-3-5-11-25)43-40(44)32(28)22-26;/h3-21,24H,1-2H3;/q-2;+2. The van der Waals surface area contributed by atoms with Crippen molar-refractivity contribution in [1.29, 1.82) is 0 Å². The van der Waals surface area contributed by atoms with Crippen LogP contribution in [0.3, 0.4) is 0 Å². The zero-order chi connectivity index (χ0) is 30.6. The summed E-state index contributed by atoms with van der Waals surface area (Å²) >= 11 is 0. The van der Waals surface area contributed by atoms with Crippen molar-refractivity contribution in [3.63, 3.8) is 0 Å². The molecule has 0 fully saturated rings. The van der Waals surface area contributed by atoms with Gasteiger partial charge in [0, 0.05) is 45.7 Å². The minimum Gasteiger partial charge on any atom is -0.503 e. The summed E-state index contributed by atoms with van der Waals surface area (Å²) in [6.07, 6.45) is 3.97. The summed E-state index contributed by atoms with van der Waals surface area (Å²) < 4.78 is 11.0. The fourth-order valence-electron chi connectivity index (χ4n) is 7.42. The third-order valence-electron chi connectivity index (χ3n) is 9.61. The Bertz CT molecular complexity index is 2710. The van der Waals surface area contributed by atoms with Gasteiger partial charge in [0.25, 0.3) is 0 Å². The number of para-hydroxylation sites is 2. The van der Waals surface area contributed by atoms with Crippen LogP contribution in [0.25, 0.3) is 66.2 Å². The van der Waals surface area contributed by atoms with E-state index in [1.54, 1.807) is 0 Å². The molecule has 9 aromatic rings. The van der Waals surface area contributed by atoms with Gasteiger partial charge in [0.05, 0.1) is 16.9 Å². The van der Waals surface area contributed by atoms with Crippen molar-refractivity contribution >= 4 is 49.3 Å². The second-order valence-corrected chi connectivity index (χ2v) is 12.5. The van der Waals surface area contributed by atoms with Crippen LogP contribution in [-0.4, -0.2) is 18.9 Å². The Labute approximate surface area is 285 Å². The van der Waals surface area contributed by atoms with Crippen molar-refractivity contribution in [3.05, 3.63) is 145 Å². The molecule has 0 saturated heterocycles. The number of fused-ring (bicyclic) bond motifs is 11. The Kier molecular flexibility index (Phi) is 6.03. The molecule has 5 aromatic carbocycles. The van der Waals surface area contributed by atoms with Gasteiger partial charge >= 0.3 is 21.1 Å². The number of hydrogen-bond donors (Lipinski definition) is 0. The molecule has 5 nitrogen and oxygen atoms in total. The number of ether oxygens (including phenoxy) is 1. The van der Waals surface area contributed by atoms with Gasteiger partial charge < -0.3 is 13.7 Å². The Balaban J connectivity index is 0.00000302. The van der Waals surface area contributed by atoms with Crippen LogP contribution in [0.1, 0.15) is 25.0 Å². The number of imidazole rings is 1. The number of nitrogens with zero attached hydrogens (tertiary/aromatic N) is 4. The molecule has 0 spiro atoms. The van der Waals surface area contributed by atoms with Crippen molar-refractivity contribution < 1.29 is 25.8 Å². The van der Waals surface area contributed by atoms with Crippen LogP contribution >= 0.6 is 0 Å². The molecular weight excluding hydrogens is 760 g/mol. The number of pyridine rings is 2. The van der Waals surface area contributed by atoms with Gasteiger partial charge in [-0.05, 0) is 34.6 Å². The van der Waals surface area contributed by atoms with Crippen molar-refractivity contribution in [1.82, 2.24) is 18.9 Å². The summed E-state index contributed by atoms with van der Waals surface area (Å²) in [5, 5.41) is 5.47. The molecule has 0 radical (unpaired) electrons. The normalized spacial score (nSPS) is 13.3. The summed E-state index contributed by atoms with van der Waals surface area (Å²) in [5.74, 6) is 1.24. The molecule has 0 N–H and O–H groups in total. The zero-order valence-corrected chi connectivity index (χ0v) is 27.8. The van der Waals surface area contributed by atoms with E-state index in [2.05, 4.69) is 114 Å². The predicted octanol–water partition coefficient (Wildman–Crippen LogP) is 9.83. The molecule has 1 aliphatic rings. The minimum absolute atomic E-state index is 0. The molecular formula is C41H26N4OPt. The summed E-state index contributed by atoms with van der Waals surface area (Å²) in [5.41, 5.74) is 9.27. The molecule has 47 heavy (non-hydrogen) atoms. The monoisotopic (exact) mass is 785 g/mol. The van der Waals surface area contributed by atoms with Gasteiger partial charge in [-0.1, -0.05) is 103 Å². The summed E-state index contributed by atoms with van der Waals surface area (Å²) in [6.45, 7) is 4.56. The molecule has 5 heterocycles. The van der Waals surface area contributed by atoms with Crippen molar-refractivity contribution in [2.45, 2.75) is 19.3 Å². The smallest absolute Gasteiger partial charge is 0.503 e. The number of benzene rings is 5. The van der Waals surface area contributed by atoms with Crippen LogP contribution in [0, 0.1) is 12.1 Å². The Morgan fingerprint density at radius 1 is 0.660 bits per heavy atom. The van der Waals surface area contributed by atoms with E-state index in [0.29, 0.717) is 11.5 Å². The molecule has 0 bridgehead atoms. The van der Waals surface area contributed by atoms with Gasteiger partial charge in [-0.15, -0.1) is 29.8 Å². The van der Waals surface area contributed by atoms with Gasteiger partial charge in [0.15, 0.2) is 0 Å². The van der Waals surface area contributed by atoms with E-state index in [0.717, 1.165) is 55.3 Å². The van der Waals surface area contributed by atoms with Gasteiger partial charge in [0.1, 0.15) is 5.65 Å². The van der Waals surface area contributed by atoms with Crippen LogP contribution in [0.2, 0.25) is 0 Å². The molecule has 0 unspecified atom stereocenters. The van der Waals surface area contributed by atoms with E-state index in [4.69, 9.17) is 14.7 Å². The summed E-state index contributed by atoms with van der Waals surface area (Å²) in [4.78, 5) is 9.93. The van der Waals surface area contributed by atoms with Gasteiger partial charge in [-0.3, -0.25) is 4.98 Å². The van der Waals surface area contributed by atoms with E-state index in [9.17, 15) is 0 Å². The largest absolute Gasteiger partial charge is 2.00 e. The molecule has 226 valence electrons. The van der Waals surface area contributed by atoms with Crippen LogP contribution in [0.5, 0.6) is 11.5 Å². The van der Waals surface area contributed by atoms with Gasteiger partial charge in [0.2, 0.25) is 0 Å². The first-order valence-corrected chi connectivity index (χ1v) is 15.5. The second kappa shape index (κ2) is 10.1.